The van der Waals surface area contributed by atoms with Crippen molar-refractivity contribution in [3.05, 3.63) is 35.4 Å². The third-order valence-electron chi connectivity index (χ3n) is 3.27. The van der Waals surface area contributed by atoms with Crippen LogP contribution in [0.5, 0.6) is 0 Å². The van der Waals surface area contributed by atoms with Crippen LogP contribution in [0.25, 0.3) is 0 Å². The quantitative estimate of drug-likeness (QED) is 0.550. The van der Waals surface area contributed by atoms with Crippen LogP contribution in [-0.2, 0) is 0 Å². The first kappa shape index (κ1) is 10.2. The first-order valence-electron chi connectivity index (χ1n) is 5.59. The Balaban J connectivity index is 2.33. The van der Waals surface area contributed by atoms with Gasteiger partial charge in [-0.1, -0.05) is 35.8 Å². The van der Waals surface area contributed by atoms with E-state index >= 15 is 0 Å². The number of oxime groups is 1. The minimum Gasteiger partial charge on any atom is -0.411 e. The van der Waals surface area contributed by atoms with Crippen LogP contribution in [0, 0.1) is 6.92 Å². The van der Waals surface area contributed by atoms with Crippen molar-refractivity contribution in [1.82, 2.24) is 0 Å². The van der Waals surface area contributed by atoms with E-state index in [1.165, 1.54) is 17.5 Å². The Morgan fingerprint density at radius 2 is 2.07 bits per heavy atom. The van der Waals surface area contributed by atoms with Gasteiger partial charge in [-0.3, -0.25) is 0 Å². The van der Waals surface area contributed by atoms with Gasteiger partial charge in [0.25, 0.3) is 0 Å². The van der Waals surface area contributed by atoms with Gasteiger partial charge in [-0.25, -0.2) is 0 Å². The van der Waals surface area contributed by atoms with Gasteiger partial charge < -0.3 is 5.21 Å². The second-order valence-electron chi connectivity index (χ2n) is 4.25. The van der Waals surface area contributed by atoms with Gasteiger partial charge in [0.1, 0.15) is 0 Å². The lowest BCUT2D eigenvalue weighted by molar-refractivity contribution is 0.312. The molecule has 1 fully saturated rings. The minimum atomic E-state index is 0.338. The molecular formula is C13H17NO. The van der Waals surface area contributed by atoms with Crippen LogP contribution in [0.1, 0.15) is 42.7 Å². The van der Waals surface area contributed by atoms with Crippen molar-refractivity contribution in [1.29, 1.82) is 0 Å². The highest BCUT2D eigenvalue weighted by atomic mass is 16.4. The average molecular weight is 203 g/mol. The highest BCUT2D eigenvalue weighted by Crippen LogP contribution is 2.32. The topological polar surface area (TPSA) is 32.6 Å². The number of rotatable bonds is 1. The van der Waals surface area contributed by atoms with Gasteiger partial charge in [-0.15, -0.1) is 0 Å². The summed E-state index contributed by atoms with van der Waals surface area (Å²) in [7, 11) is 0. The third-order valence-corrected chi connectivity index (χ3v) is 3.27. The van der Waals surface area contributed by atoms with Crippen molar-refractivity contribution in [3.63, 3.8) is 0 Å². The van der Waals surface area contributed by atoms with Gasteiger partial charge >= 0.3 is 0 Å². The van der Waals surface area contributed by atoms with E-state index in [-0.39, 0.29) is 0 Å². The van der Waals surface area contributed by atoms with Gasteiger partial charge in [0, 0.05) is 5.92 Å². The largest absolute Gasteiger partial charge is 0.411 e. The second-order valence-corrected chi connectivity index (χ2v) is 4.25. The number of aryl methyl sites for hydroxylation is 1. The smallest absolute Gasteiger partial charge is 0.0645 e. The maximum absolute atomic E-state index is 9.00. The fourth-order valence-corrected chi connectivity index (χ4v) is 2.43. The highest BCUT2D eigenvalue weighted by Gasteiger charge is 2.23. The summed E-state index contributed by atoms with van der Waals surface area (Å²) < 4.78 is 0. The van der Waals surface area contributed by atoms with E-state index in [1.54, 1.807) is 0 Å². The molecular weight excluding hydrogens is 186 g/mol. The molecule has 0 radical (unpaired) electrons. The van der Waals surface area contributed by atoms with Crippen molar-refractivity contribution in [2.45, 2.75) is 38.5 Å². The van der Waals surface area contributed by atoms with Crippen LogP contribution in [-0.4, -0.2) is 10.9 Å². The van der Waals surface area contributed by atoms with E-state index in [4.69, 9.17) is 5.21 Å². The summed E-state index contributed by atoms with van der Waals surface area (Å²) in [5.41, 5.74) is 3.58. The zero-order valence-electron chi connectivity index (χ0n) is 9.11. The lowest BCUT2D eigenvalue weighted by Gasteiger charge is -2.24. The van der Waals surface area contributed by atoms with Crippen LogP contribution in [0.4, 0.5) is 0 Å². The molecule has 80 valence electrons. The van der Waals surface area contributed by atoms with Gasteiger partial charge in [0.2, 0.25) is 0 Å². The Morgan fingerprint density at radius 3 is 2.80 bits per heavy atom. The number of benzene rings is 1. The summed E-state index contributed by atoms with van der Waals surface area (Å²) in [5, 5.41) is 12.5. The minimum absolute atomic E-state index is 0.338. The second kappa shape index (κ2) is 4.47. The molecule has 1 saturated carbocycles. The first-order chi connectivity index (χ1) is 7.33. The maximum atomic E-state index is 9.00. The normalized spacial score (nSPS) is 24.3. The molecule has 1 aromatic carbocycles. The molecule has 1 N–H and O–H groups in total. The molecule has 0 bridgehead atoms. The number of hydrogen-bond acceptors (Lipinski definition) is 2. The van der Waals surface area contributed by atoms with Crippen molar-refractivity contribution in [3.8, 4) is 0 Å². The predicted octanol–water partition coefficient (Wildman–Crippen LogP) is 3.48. The van der Waals surface area contributed by atoms with Gasteiger partial charge in [0.05, 0.1) is 5.71 Å². The lowest BCUT2D eigenvalue weighted by atomic mass is 9.81. The van der Waals surface area contributed by atoms with Crippen LogP contribution in [0.3, 0.4) is 0 Å². The van der Waals surface area contributed by atoms with Crippen molar-refractivity contribution in [2.24, 2.45) is 5.16 Å². The van der Waals surface area contributed by atoms with E-state index in [1.807, 2.05) is 0 Å². The molecule has 2 heteroatoms. The molecule has 0 amide bonds. The molecule has 1 atom stereocenters. The highest BCUT2D eigenvalue weighted by molar-refractivity contribution is 5.91. The van der Waals surface area contributed by atoms with E-state index < -0.39 is 0 Å². The van der Waals surface area contributed by atoms with Crippen LogP contribution in [0.2, 0.25) is 0 Å². The summed E-state index contributed by atoms with van der Waals surface area (Å²) >= 11 is 0. The SMILES string of the molecule is Cc1ccccc1C1CCCC/C1=N\O. The fourth-order valence-electron chi connectivity index (χ4n) is 2.43. The Bertz CT molecular complexity index is 371. The standard InChI is InChI=1S/C13H17NO/c1-10-6-2-3-7-11(10)12-8-4-5-9-13(12)14-15/h2-3,6-7,12,15H,4-5,8-9H2,1H3/b14-13+. The molecule has 2 nitrogen and oxygen atoms in total. The summed E-state index contributed by atoms with van der Waals surface area (Å²) in [6, 6.07) is 8.39. The molecule has 0 spiro atoms. The summed E-state index contributed by atoms with van der Waals surface area (Å²) in [5.74, 6) is 0.338. The van der Waals surface area contributed by atoms with Crippen molar-refractivity contribution in [2.75, 3.05) is 0 Å². The molecule has 1 unspecified atom stereocenters. The fraction of sp³-hybridized carbons (Fsp3) is 0.462. The molecule has 2 rings (SSSR count). The Hall–Kier alpha value is -1.31. The monoisotopic (exact) mass is 203 g/mol. The number of nitrogens with zero attached hydrogens (tertiary/aromatic N) is 1. The maximum Gasteiger partial charge on any atom is 0.0645 e. The van der Waals surface area contributed by atoms with Crippen LogP contribution in [0.15, 0.2) is 29.4 Å². The van der Waals surface area contributed by atoms with Gasteiger partial charge in [0.15, 0.2) is 0 Å². The Morgan fingerprint density at radius 1 is 1.27 bits per heavy atom. The molecule has 0 heterocycles. The predicted molar refractivity (Wildman–Crippen MR) is 61.6 cm³/mol. The zero-order chi connectivity index (χ0) is 10.7. The molecule has 0 aliphatic heterocycles. The third kappa shape index (κ3) is 2.04. The van der Waals surface area contributed by atoms with Crippen LogP contribution < -0.4 is 0 Å². The molecule has 0 aromatic heterocycles. The Labute approximate surface area is 90.6 Å². The molecule has 15 heavy (non-hydrogen) atoms. The molecule has 1 aliphatic rings. The zero-order valence-corrected chi connectivity index (χ0v) is 9.11. The summed E-state index contributed by atoms with van der Waals surface area (Å²) in [4.78, 5) is 0. The van der Waals surface area contributed by atoms with E-state index in [0.29, 0.717) is 5.92 Å². The van der Waals surface area contributed by atoms with Crippen molar-refractivity contribution >= 4 is 5.71 Å². The molecule has 0 saturated heterocycles. The van der Waals surface area contributed by atoms with Crippen molar-refractivity contribution < 1.29 is 5.21 Å². The summed E-state index contributed by atoms with van der Waals surface area (Å²) in [6.07, 6.45) is 4.44. The number of hydrogen-bond donors (Lipinski definition) is 1. The molecule has 1 aromatic rings. The molecule has 1 aliphatic carbocycles. The average Bonchev–Trinajstić information content (AvgIpc) is 2.30. The van der Waals surface area contributed by atoms with Gasteiger partial charge in [-0.05, 0) is 37.3 Å². The van der Waals surface area contributed by atoms with E-state index in [0.717, 1.165) is 25.0 Å². The lowest BCUT2D eigenvalue weighted by Crippen LogP contribution is -2.18. The van der Waals surface area contributed by atoms with E-state index in [2.05, 4.69) is 36.3 Å². The van der Waals surface area contributed by atoms with E-state index in [9.17, 15) is 0 Å². The first-order valence-corrected chi connectivity index (χ1v) is 5.59. The van der Waals surface area contributed by atoms with Gasteiger partial charge in [-0.2, -0.15) is 0 Å². The summed E-state index contributed by atoms with van der Waals surface area (Å²) in [6.45, 7) is 2.12. The van der Waals surface area contributed by atoms with Crippen LogP contribution >= 0.6 is 0 Å². The Kier molecular flexibility index (Phi) is 3.05.